The van der Waals surface area contributed by atoms with Gasteiger partial charge in [0.15, 0.2) is 5.82 Å². The Hall–Kier alpha value is -1.33. The van der Waals surface area contributed by atoms with Crippen LogP contribution >= 0.6 is 11.8 Å². The van der Waals surface area contributed by atoms with Gasteiger partial charge in [0.05, 0.1) is 5.75 Å². The molecule has 1 aromatic heterocycles. The number of thioether (sulfide) groups is 1. The molecule has 0 aliphatic heterocycles. The number of aryl methyl sites for hydroxylation is 1. The van der Waals surface area contributed by atoms with Gasteiger partial charge in [0.25, 0.3) is 0 Å². The first-order valence-corrected chi connectivity index (χ1v) is 7.93. The molecule has 108 valence electrons. The standard InChI is InChI=1S/C15H21N3OS/c1-4-9-16-11(2)13-5-7-14(8-6-13)20-10-15-17-12(3)18-19-15/h5-8,11,16H,4,9-10H2,1-3H3. The predicted octanol–water partition coefficient (Wildman–Crippen LogP) is 3.73. The Morgan fingerprint density at radius 2 is 2.05 bits per heavy atom. The van der Waals surface area contributed by atoms with Crippen molar-refractivity contribution in [2.45, 2.75) is 43.9 Å². The maximum Gasteiger partial charge on any atom is 0.236 e. The largest absolute Gasteiger partial charge is 0.338 e. The third-order valence-corrected chi connectivity index (χ3v) is 4.01. The van der Waals surface area contributed by atoms with Crippen LogP contribution in [0.15, 0.2) is 33.7 Å². The lowest BCUT2D eigenvalue weighted by Gasteiger charge is -2.13. The summed E-state index contributed by atoms with van der Waals surface area (Å²) in [6.07, 6.45) is 1.15. The Balaban J connectivity index is 1.87. The predicted molar refractivity (Wildman–Crippen MR) is 81.7 cm³/mol. The molecule has 1 atom stereocenters. The number of benzene rings is 1. The van der Waals surface area contributed by atoms with E-state index in [0.717, 1.165) is 13.0 Å². The molecule has 5 heteroatoms. The molecule has 1 unspecified atom stereocenters. The van der Waals surface area contributed by atoms with Gasteiger partial charge in [-0.15, -0.1) is 11.8 Å². The van der Waals surface area contributed by atoms with Crippen molar-refractivity contribution in [1.29, 1.82) is 0 Å². The quantitative estimate of drug-likeness (QED) is 0.788. The van der Waals surface area contributed by atoms with Crippen LogP contribution in [0.2, 0.25) is 0 Å². The third kappa shape index (κ3) is 4.35. The lowest BCUT2D eigenvalue weighted by molar-refractivity contribution is 0.387. The maximum absolute atomic E-state index is 5.10. The van der Waals surface area contributed by atoms with E-state index < -0.39 is 0 Å². The van der Waals surface area contributed by atoms with Gasteiger partial charge < -0.3 is 9.84 Å². The molecule has 0 bridgehead atoms. The zero-order valence-corrected chi connectivity index (χ0v) is 13.0. The molecule has 0 amide bonds. The summed E-state index contributed by atoms with van der Waals surface area (Å²) in [7, 11) is 0. The van der Waals surface area contributed by atoms with E-state index in [-0.39, 0.29) is 0 Å². The van der Waals surface area contributed by atoms with Crippen molar-refractivity contribution in [2.75, 3.05) is 6.54 Å². The summed E-state index contributed by atoms with van der Waals surface area (Å²) in [6, 6.07) is 9.04. The number of aromatic nitrogens is 2. The third-order valence-electron chi connectivity index (χ3n) is 3.01. The highest BCUT2D eigenvalue weighted by Gasteiger charge is 2.06. The van der Waals surface area contributed by atoms with Crippen LogP contribution < -0.4 is 5.32 Å². The van der Waals surface area contributed by atoms with Crippen LogP contribution in [0.25, 0.3) is 0 Å². The SMILES string of the molecule is CCCNC(C)c1ccc(SCc2nc(C)no2)cc1. The Bertz CT molecular complexity index is 524. The summed E-state index contributed by atoms with van der Waals surface area (Å²) >= 11 is 1.71. The van der Waals surface area contributed by atoms with Crippen LogP contribution in [-0.2, 0) is 5.75 Å². The fourth-order valence-electron chi connectivity index (χ4n) is 1.88. The highest BCUT2D eigenvalue weighted by molar-refractivity contribution is 7.98. The molecule has 0 aliphatic carbocycles. The fourth-order valence-corrected chi connectivity index (χ4v) is 2.61. The molecule has 2 aromatic rings. The minimum absolute atomic E-state index is 0.396. The van der Waals surface area contributed by atoms with Crippen molar-refractivity contribution in [1.82, 2.24) is 15.5 Å². The Morgan fingerprint density at radius 1 is 1.30 bits per heavy atom. The Morgan fingerprint density at radius 3 is 2.65 bits per heavy atom. The summed E-state index contributed by atoms with van der Waals surface area (Å²) in [5, 5.41) is 7.28. The van der Waals surface area contributed by atoms with Gasteiger partial charge in [-0.05, 0) is 44.5 Å². The molecule has 0 radical (unpaired) electrons. The zero-order valence-electron chi connectivity index (χ0n) is 12.2. The maximum atomic E-state index is 5.10. The second-order valence-electron chi connectivity index (χ2n) is 4.77. The van der Waals surface area contributed by atoms with Crippen molar-refractivity contribution in [2.24, 2.45) is 0 Å². The lowest BCUT2D eigenvalue weighted by Crippen LogP contribution is -2.19. The van der Waals surface area contributed by atoms with Gasteiger partial charge in [0.1, 0.15) is 0 Å². The minimum Gasteiger partial charge on any atom is -0.338 e. The number of nitrogens with zero attached hydrogens (tertiary/aromatic N) is 2. The van der Waals surface area contributed by atoms with Crippen LogP contribution in [0.4, 0.5) is 0 Å². The first-order valence-electron chi connectivity index (χ1n) is 6.94. The van der Waals surface area contributed by atoms with Crippen molar-refractivity contribution in [3.8, 4) is 0 Å². The average molecular weight is 291 g/mol. The Labute approximate surface area is 124 Å². The van der Waals surface area contributed by atoms with Crippen molar-refractivity contribution in [3.63, 3.8) is 0 Å². The molecule has 0 fully saturated rings. The monoisotopic (exact) mass is 291 g/mol. The van der Waals surface area contributed by atoms with Crippen molar-refractivity contribution in [3.05, 3.63) is 41.5 Å². The molecular formula is C15H21N3OS. The number of hydrogen-bond donors (Lipinski definition) is 1. The van der Waals surface area contributed by atoms with Crippen LogP contribution in [0.1, 0.15) is 43.6 Å². The second-order valence-corrected chi connectivity index (χ2v) is 5.82. The molecule has 1 N–H and O–H groups in total. The molecule has 0 spiro atoms. The van der Waals surface area contributed by atoms with E-state index in [1.165, 1.54) is 10.5 Å². The van der Waals surface area contributed by atoms with Gasteiger partial charge in [-0.2, -0.15) is 4.98 Å². The van der Waals surface area contributed by atoms with Gasteiger partial charge >= 0.3 is 0 Å². The van der Waals surface area contributed by atoms with Crippen LogP contribution in [0.5, 0.6) is 0 Å². The first-order chi connectivity index (χ1) is 9.69. The number of nitrogens with one attached hydrogen (secondary N) is 1. The van der Waals surface area contributed by atoms with Gasteiger partial charge in [-0.3, -0.25) is 0 Å². The molecule has 1 heterocycles. The summed E-state index contributed by atoms with van der Waals surface area (Å²) in [5.41, 5.74) is 1.32. The van der Waals surface area contributed by atoms with Gasteiger partial charge in [0, 0.05) is 10.9 Å². The molecule has 4 nitrogen and oxygen atoms in total. The van der Waals surface area contributed by atoms with E-state index in [4.69, 9.17) is 4.52 Å². The Kier molecular flexibility index (Phi) is 5.61. The summed E-state index contributed by atoms with van der Waals surface area (Å²) in [4.78, 5) is 5.41. The zero-order chi connectivity index (χ0) is 14.4. The molecular weight excluding hydrogens is 270 g/mol. The molecule has 1 aromatic carbocycles. The number of rotatable bonds is 7. The molecule has 0 saturated heterocycles. The van der Waals surface area contributed by atoms with Crippen LogP contribution in [0.3, 0.4) is 0 Å². The van der Waals surface area contributed by atoms with Crippen LogP contribution in [0, 0.1) is 6.92 Å². The smallest absolute Gasteiger partial charge is 0.236 e. The summed E-state index contributed by atoms with van der Waals surface area (Å²) in [5.74, 6) is 2.07. The topological polar surface area (TPSA) is 51.0 Å². The summed E-state index contributed by atoms with van der Waals surface area (Å²) < 4.78 is 5.10. The van der Waals surface area contributed by atoms with Gasteiger partial charge in [0.2, 0.25) is 5.89 Å². The summed E-state index contributed by atoms with van der Waals surface area (Å²) in [6.45, 7) is 7.25. The van der Waals surface area contributed by atoms with Gasteiger partial charge in [-0.25, -0.2) is 0 Å². The van der Waals surface area contributed by atoms with Crippen molar-refractivity contribution >= 4 is 11.8 Å². The fraction of sp³-hybridized carbons (Fsp3) is 0.467. The van der Waals surface area contributed by atoms with Crippen LogP contribution in [-0.4, -0.2) is 16.7 Å². The molecule has 0 saturated carbocycles. The molecule has 0 aliphatic rings. The molecule has 20 heavy (non-hydrogen) atoms. The van der Waals surface area contributed by atoms with Gasteiger partial charge in [-0.1, -0.05) is 24.2 Å². The van der Waals surface area contributed by atoms with E-state index in [2.05, 4.69) is 53.6 Å². The highest BCUT2D eigenvalue weighted by Crippen LogP contribution is 2.24. The van der Waals surface area contributed by atoms with E-state index in [9.17, 15) is 0 Å². The molecule has 2 rings (SSSR count). The van der Waals surface area contributed by atoms with E-state index in [1.807, 2.05) is 6.92 Å². The van der Waals surface area contributed by atoms with E-state index >= 15 is 0 Å². The number of hydrogen-bond acceptors (Lipinski definition) is 5. The lowest BCUT2D eigenvalue weighted by atomic mass is 10.1. The first kappa shape index (κ1) is 15.1. The van der Waals surface area contributed by atoms with E-state index in [1.54, 1.807) is 11.8 Å². The minimum atomic E-state index is 0.396. The normalized spacial score (nSPS) is 12.6. The van der Waals surface area contributed by atoms with Crippen molar-refractivity contribution < 1.29 is 4.52 Å². The highest BCUT2D eigenvalue weighted by atomic mass is 32.2. The average Bonchev–Trinajstić information content (AvgIpc) is 2.89. The van der Waals surface area contributed by atoms with E-state index in [0.29, 0.717) is 23.5 Å². The second kappa shape index (κ2) is 7.45.